The second-order valence-corrected chi connectivity index (χ2v) is 9.42. The summed E-state index contributed by atoms with van der Waals surface area (Å²) in [5.74, 6) is 0.364. The minimum absolute atomic E-state index is 0.0816. The van der Waals surface area contributed by atoms with E-state index in [9.17, 15) is 18.5 Å². The van der Waals surface area contributed by atoms with Crippen molar-refractivity contribution in [2.24, 2.45) is 0 Å². The molecule has 2 aromatic rings. The first-order valence-electron chi connectivity index (χ1n) is 9.44. The molecule has 0 spiro atoms. The van der Waals surface area contributed by atoms with Crippen molar-refractivity contribution in [3.63, 3.8) is 0 Å². The Labute approximate surface area is 165 Å². The Morgan fingerprint density at radius 2 is 1.61 bits per heavy atom. The summed E-state index contributed by atoms with van der Waals surface area (Å²) >= 11 is 0. The van der Waals surface area contributed by atoms with E-state index in [4.69, 9.17) is 0 Å². The molecule has 0 atom stereocenters. The molecule has 0 radical (unpaired) electrons. The monoisotopic (exact) mass is 404 g/mol. The SMILES string of the molecule is CC(C)c1ccc(S(=O)(=O)N2CC[NH+](Cc3ccc([N+](=O)[O-])cc3)CC2)cc1. The van der Waals surface area contributed by atoms with Gasteiger partial charge < -0.3 is 4.90 Å². The molecule has 1 aliphatic rings. The number of piperazine rings is 1. The number of hydrogen-bond donors (Lipinski definition) is 1. The van der Waals surface area contributed by atoms with Gasteiger partial charge in [0.25, 0.3) is 5.69 Å². The van der Waals surface area contributed by atoms with Gasteiger partial charge in [-0.2, -0.15) is 4.31 Å². The van der Waals surface area contributed by atoms with Gasteiger partial charge in [-0.25, -0.2) is 8.42 Å². The summed E-state index contributed by atoms with van der Waals surface area (Å²) in [5.41, 5.74) is 2.22. The highest BCUT2D eigenvalue weighted by molar-refractivity contribution is 7.89. The van der Waals surface area contributed by atoms with E-state index in [2.05, 4.69) is 13.8 Å². The predicted molar refractivity (Wildman–Crippen MR) is 107 cm³/mol. The number of sulfonamides is 1. The third kappa shape index (κ3) is 4.57. The van der Waals surface area contributed by atoms with E-state index in [-0.39, 0.29) is 5.69 Å². The van der Waals surface area contributed by atoms with Crippen LogP contribution in [0.15, 0.2) is 53.4 Å². The van der Waals surface area contributed by atoms with Gasteiger partial charge in [0.1, 0.15) is 6.54 Å². The zero-order chi connectivity index (χ0) is 20.3. The van der Waals surface area contributed by atoms with Crippen molar-refractivity contribution < 1.29 is 18.2 Å². The van der Waals surface area contributed by atoms with Crippen LogP contribution in [0.5, 0.6) is 0 Å². The molecule has 1 fully saturated rings. The van der Waals surface area contributed by atoms with Gasteiger partial charge in [0, 0.05) is 17.7 Å². The van der Waals surface area contributed by atoms with Crippen molar-refractivity contribution in [1.82, 2.24) is 4.31 Å². The van der Waals surface area contributed by atoms with Gasteiger partial charge >= 0.3 is 0 Å². The number of hydrogen-bond acceptors (Lipinski definition) is 4. The van der Waals surface area contributed by atoms with Gasteiger partial charge in [-0.15, -0.1) is 0 Å². The van der Waals surface area contributed by atoms with Crippen LogP contribution in [0.3, 0.4) is 0 Å². The Bertz CT molecular complexity index is 917. The van der Waals surface area contributed by atoms with Crippen LogP contribution in [0.1, 0.15) is 30.9 Å². The Morgan fingerprint density at radius 3 is 2.11 bits per heavy atom. The lowest BCUT2D eigenvalue weighted by Gasteiger charge is -2.31. The molecule has 150 valence electrons. The summed E-state index contributed by atoms with van der Waals surface area (Å²) in [6.45, 7) is 7.25. The van der Waals surface area contributed by atoms with E-state index >= 15 is 0 Å². The van der Waals surface area contributed by atoms with Crippen LogP contribution in [0.25, 0.3) is 0 Å². The zero-order valence-electron chi connectivity index (χ0n) is 16.2. The summed E-state index contributed by atoms with van der Waals surface area (Å²) in [5, 5.41) is 10.7. The number of quaternary nitrogens is 1. The highest BCUT2D eigenvalue weighted by Crippen LogP contribution is 2.20. The fraction of sp³-hybridized carbons (Fsp3) is 0.400. The van der Waals surface area contributed by atoms with Crippen molar-refractivity contribution in [2.75, 3.05) is 26.2 Å². The van der Waals surface area contributed by atoms with Gasteiger partial charge in [0.05, 0.1) is 36.0 Å². The number of nitrogens with zero attached hydrogens (tertiary/aromatic N) is 2. The summed E-state index contributed by atoms with van der Waals surface area (Å²) in [6.07, 6.45) is 0. The van der Waals surface area contributed by atoms with Gasteiger partial charge in [-0.3, -0.25) is 10.1 Å². The van der Waals surface area contributed by atoms with Crippen molar-refractivity contribution in [2.45, 2.75) is 31.2 Å². The lowest BCUT2D eigenvalue weighted by molar-refractivity contribution is -0.917. The third-order valence-corrected chi connectivity index (χ3v) is 7.13. The lowest BCUT2D eigenvalue weighted by Crippen LogP contribution is -3.13. The molecule has 0 amide bonds. The molecule has 2 aromatic carbocycles. The van der Waals surface area contributed by atoms with Crippen molar-refractivity contribution in [1.29, 1.82) is 0 Å². The van der Waals surface area contributed by atoms with Gasteiger partial charge in [-0.05, 0) is 35.7 Å². The first-order valence-corrected chi connectivity index (χ1v) is 10.9. The lowest BCUT2D eigenvalue weighted by atomic mass is 10.0. The molecule has 1 N–H and O–H groups in total. The van der Waals surface area contributed by atoms with Crippen LogP contribution in [-0.4, -0.2) is 43.8 Å². The highest BCUT2D eigenvalue weighted by atomic mass is 32.2. The topological polar surface area (TPSA) is 85.0 Å². The molecule has 0 aliphatic carbocycles. The molecule has 1 saturated heterocycles. The van der Waals surface area contributed by atoms with E-state index in [0.717, 1.165) is 17.7 Å². The Balaban J connectivity index is 1.60. The molecule has 7 nitrogen and oxygen atoms in total. The van der Waals surface area contributed by atoms with E-state index in [1.54, 1.807) is 28.6 Å². The Kier molecular flexibility index (Phi) is 6.12. The molecule has 0 aromatic heterocycles. The van der Waals surface area contributed by atoms with Crippen LogP contribution in [0, 0.1) is 10.1 Å². The number of nitro groups is 1. The maximum atomic E-state index is 12.9. The van der Waals surface area contributed by atoms with Crippen LogP contribution >= 0.6 is 0 Å². The summed E-state index contributed by atoms with van der Waals surface area (Å²) < 4.78 is 27.3. The van der Waals surface area contributed by atoms with Gasteiger partial charge in [-0.1, -0.05) is 26.0 Å². The standard InChI is InChI=1S/C20H25N3O4S/c1-16(2)18-5-9-20(10-6-18)28(26,27)22-13-11-21(12-14-22)15-17-3-7-19(8-4-17)23(24)25/h3-10,16H,11-15H2,1-2H3/p+1. The minimum Gasteiger partial charge on any atom is -0.329 e. The van der Waals surface area contributed by atoms with E-state index < -0.39 is 14.9 Å². The molecule has 1 heterocycles. The van der Waals surface area contributed by atoms with E-state index in [1.807, 2.05) is 12.1 Å². The van der Waals surface area contributed by atoms with E-state index in [1.165, 1.54) is 17.0 Å². The molecular weight excluding hydrogens is 378 g/mol. The van der Waals surface area contributed by atoms with Crippen LogP contribution in [0.4, 0.5) is 5.69 Å². The second-order valence-electron chi connectivity index (χ2n) is 7.48. The number of benzene rings is 2. The number of nitro benzene ring substituents is 1. The molecular formula is C20H26N3O4S+. The molecule has 3 rings (SSSR count). The van der Waals surface area contributed by atoms with Crippen molar-refractivity contribution in [3.8, 4) is 0 Å². The number of non-ortho nitro benzene ring substituents is 1. The van der Waals surface area contributed by atoms with E-state index in [0.29, 0.717) is 37.0 Å². The molecule has 8 heteroatoms. The summed E-state index contributed by atoms with van der Waals surface area (Å²) in [4.78, 5) is 11.9. The van der Waals surface area contributed by atoms with Crippen LogP contribution in [0.2, 0.25) is 0 Å². The van der Waals surface area contributed by atoms with Crippen molar-refractivity contribution >= 4 is 15.7 Å². The number of rotatable bonds is 6. The molecule has 28 heavy (non-hydrogen) atoms. The van der Waals surface area contributed by atoms with Crippen molar-refractivity contribution in [3.05, 3.63) is 69.8 Å². The number of nitrogens with one attached hydrogen (secondary N) is 1. The van der Waals surface area contributed by atoms with Gasteiger partial charge in [0.2, 0.25) is 10.0 Å². The molecule has 0 unspecified atom stereocenters. The average Bonchev–Trinajstić information content (AvgIpc) is 2.69. The highest BCUT2D eigenvalue weighted by Gasteiger charge is 2.30. The quantitative estimate of drug-likeness (QED) is 0.588. The molecule has 0 bridgehead atoms. The molecule has 0 saturated carbocycles. The normalized spacial score (nSPS) is 16.4. The fourth-order valence-electron chi connectivity index (χ4n) is 3.42. The fourth-order valence-corrected chi connectivity index (χ4v) is 4.86. The van der Waals surface area contributed by atoms with Gasteiger partial charge in [0.15, 0.2) is 0 Å². The summed E-state index contributed by atoms with van der Waals surface area (Å²) in [7, 11) is -3.47. The Morgan fingerprint density at radius 1 is 1.04 bits per heavy atom. The first-order chi connectivity index (χ1) is 13.3. The molecule has 1 aliphatic heterocycles. The second kappa shape index (κ2) is 8.38. The maximum Gasteiger partial charge on any atom is 0.269 e. The Hall–Kier alpha value is -2.29. The van der Waals surface area contributed by atoms with Crippen LogP contribution in [-0.2, 0) is 16.6 Å². The maximum absolute atomic E-state index is 12.9. The largest absolute Gasteiger partial charge is 0.329 e. The summed E-state index contributed by atoms with van der Waals surface area (Å²) in [6, 6.07) is 13.7. The predicted octanol–water partition coefficient (Wildman–Crippen LogP) is 1.81. The average molecular weight is 405 g/mol. The minimum atomic E-state index is -3.47. The first kappa shape index (κ1) is 20.4. The third-order valence-electron chi connectivity index (χ3n) is 5.22. The zero-order valence-corrected chi connectivity index (χ0v) is 17.0. The smallest absolute Gasteiger partial charge is 0.269 e. The van der Waals surface area contributed by atoms with Crippen LogP contribution < -0.4 is 4.90 Å².